The van der Waals surface area contributed by atoms with Crippen molar-refractivity contribution in [1.29, 1.82) is 0 Å². The van der Waals surface area contributed by atoms with Gasteiger partial charge in [0.1, 0.15) is 5.75 Å². The van der Waals surface area contributed by atoms with Gasteiger partial charge in [0.2, 0.25) is 11.8 Å². The van der Waals surface area contributed by atoms with Crippen molar-refractivity contribution in [3.63, 3.8) is 0 Å². The minimum Gasteiger partial charge on any atom is -0.438 e. The minimum atomic E-state index is -0.0170. The highest BCUT2D eigenvalue weighted by Crippen LogP contribution is 2.21. The van der Waals surface area contributed by atoms with Gasteiger partial charge in [-0.25, -0.2) is 0 Å². The van der Waals surface area contributed by atoms with Crippen LogP contribution in [-0.2, 0) is 11.2 Å². The second-order valence-corrected chi connectivity index (χ2v) is 6.98. The van der Waals surface area contributed by atoms with Crippen molar-refractivity contribution in [1.82, 2.24) is 14.8 Å². The van der Waals surface area contributed by atoms with E-state index in [1.165, 1.54) is 5.56 Å². The lowest BCUT2D eigenvalue weighted by atomic mass is 10.1. The fourth-order valence-electron chi connectivity index (χ4n) is 3.07. The fraction of sp³-hybridized carbons (Fsp3) is 0.125. The van der Waals surface area contributed by atoms with Crippen LogP contribution >= 0.6 is 0 Å². The van der Waals surface area contributed by atoms with Crippen LogP contribution in [0.1, 0.15) is 17.5 Å². The Balaban J connectivity index is 1.30. The monoisotopic (exact) mass is 398 g/mol. The zero-order valence-electron chi connectivity index (χ0n) is 16.7. The van der Waals surface area contributed by atoms with Crippen molar-refractivity contribution in [2.24, 2.45) is 0 Å². The summed E-state index contributed by atoms with van der Waals surface area (Å²) < 4.78 is 7.60. The Morgan fingerprint density at radius 3 is 2.47 bits per heavy atom. The minimum absolute atomic E-state index is 0.0170. The molecule has 1 N–H and O–H groups in total. The van der Waals surface area contributed by atoms with E-state index in [9.17, 15) is 4.79 Å². The smallest absolute Gasteiger partial charge is 0.238 e. The molecule has 2 heterocycles. The van der Waals surface area contributed by atoms with Crippen LogP contribution in [0.3, 0.4) is 0 Å². The first-order valence-corrected chi connectivity index (χ1v) is 9.76. The number of ether oxygens (including phenoxy) is 1. The van der Waals surface area contributed by atoms with Crippen molar-refractivity contribution < 1.29 is 9.53 Å². The molecule has 1 amide bonds. The highest BCUT2D eigenvalue weighted by atomic mass is 16.5. The Labute approximate surface area is 175 Å². The third-order valence-electron chi connectivity index (χ3n) is 4.58. The van der Waals surface area contributed by atoms with Gasteiger partial charge in [-0.15, -0.1) is 10.2 Å². The van der Waals surface area contributed by atoms with E-state index in [0.717, 1.165) is 17.1 Å². The van der Waals surface area contributed by atoms with E-state index in [0.29, 0.717) is 24.5 Å². The fourth-order valence-corrected chi connectivity index (χ4v) is 3.07. The Hall–Kier alpha value is -3.93. The molecule has 0 radical (unpaired) electrons. The molecule has 0 aliphatic carbocycles. The van der Waals surface area contributed by atoms with Crippen LogP contribution in [0.4, 0.5) is 5.69 Å². The molecule has 2 aromatic carbocycles. The van der Waals surface area contributed by atoms with Gasteiger partial charge in [-0.3, -0.25) is 4.79 Å². The molecule has 4 aromatic rings. The van der Waals surface area contributed by atoms with E-state index in [4.69, 9.17) is 4.74 Å². The van der Waals surface area contributed by atoms with Gasteiger partial charge in [-0.05, 0) is 61.4 Å². The summed E-state index contributed by atoms with van der Waals surface area (Å²) in [4.78, 5) is 12.2. The van der Waals surface area contributed by atoms with Crippen LogP contribution < -0.4 is 10.1 Å². The van der Waals surface area contributed by atoms with E-state index in [1.54, 1.807) is 18.2 Å². The van der Waals surface area contributed by atoms with Gasteiger partial charge in [0.25, 0.3) is 0 Å². The lowest BCUT2D eigenvalue weighted by Gasteiger charge is -2.08. The first kappa shape index (κ1) is 19.4. The summed E-state index contributed by atoms with van der Waals surface area (Å²) in [7, 11) is 0. The number of benzene rings is 2. The molecule has 0 saturated heterocycles. The lowest BCUT2D eigenvalue weighted by Crippen LogP contribution is -2.12. The van der Waals surface area contributed by atoms with E-state index >= 15 is 0 Å². The Bertz CT molecular complexity index is 1100. The third kappa shape index (κ3) is 5.11. The number of aryl methyl sites for hydroxylation is 2. The second-order valence-electron chi connectivity index (χ2n) is 6.98. The molecule has 0 spiro atoms. The summed E-state index contributed by atoms with van der Waals surface area (Å²) in [5.74, 6) is 1.73. The molecular formula is C24H22N4O2. The molecule has 6 nitrogen and oxygen atoms in total. The van der Waals surface area contributed by atoms with Crippen LogP contribution in [0.5, 0.6) is 11.6 Å². The van der Waals surface area contributed by atoms with Crippen molar-refractivity contribution in [2.75, 3.05) is 5.32 Å². The van der Waals surface area contributed by atoms with Crippen LogP contribution in [0.2, 0.25) is 0 Å². The number of aromatic nitrogens is 3. The number of amides is 1. The van der Waals surface area contributed by atoms with Gasteiger partial charge in [-0.1, -0.05) is 29.8 Å². The number of hydrogen-bond acceptors (Lipinski definition) is 4. The maximum Gasteiger partial charge on any atom is 0.238 e. The average Bonchev–Trinajstić information content (AvgIpc) is 3.29. The van der Waals surface area contributed by atoms with Crippen LogP contribution in [0, 0.1) is 6.92 Å². The van der Waals surface area contributed by atoms with Gasteiger partial charge < -0.3 is 14.6 Å². The maximum absolute atomic E-state index is 12.2. The highest BCUT2D eigenvalue weighted by molar-refractivity contribution is 5.90. The van der Waals surface area contributed by atoms with Gasteiger partial charge in [-0.2, -0.15) is 0 Å². The molecule has 0 fully saturated rings. The van der Waals surface area contributed by atoms with Gasteiger partial charge in [0.15, 0.2) is 5.82 Å². The quantitative estimate of drug-likeness (QED) is 0.479. The predicted molar refractivity (Wildman–Crippen MR) is 116 cm³/mol. The Morgan fingerprint density at radius 2 is 1.77 bits per heavy atom. The van der Waals surface area contributed by atoms with Gasteiger partial charge >= 0.3 is 0 Å². The molecule has 0 saturated carbocycles. The Kier molecular flexibility index (Phi) is 5.85. The molecule has 0 aliphatic rings. The standard InChI is InChI=1S/C24H22N4O2/c1-18-5-4-6-19(17-18)7-13-23(29)25-20-8-10-21(11-9-20)30-24-14-12-22(26-27-24)28-15-2-3-16-28/h2-6,8-12,14-17H,7,13H2,1H3,(H,25,29). The average molecular weight is 398 g/mol. The molecule has 0 aliphatic heterocycles. The van der Waals surface area contributed by atoms with E-state index in [1.807, 2.05) is 59.4 Å². The van der Waals surface area contributed by atoms with Crippen LogP contribution in [-0.4, -0.2) is 20.7 Å². The van der Waals surface area contributed by atoms with Crippen molar-refractivity contribution in [3.8, 4) is 17.4 Å². The molecular weight excluding hydrogens is 376 g/mol. The summed E-state index contributed by atoms with van der Waals surface area (Å²) in [6, 6.07) is 22.9. The van der Waals surface area contributed by atoms with Crippen LogP contribution in [0.15, 0.2) is 85.2 Å². The van der Waals surface area contributed by atoms with Crippen molar-refractivity contribution in [2.45, 2.75) is 19.8 Å². The van der Waals surface area contributed by atoms with Crippen molar-refractivity contribution in [3.05, 3.63) is 96.3 Å². The normalized spacial score (nSPS) is 10.6. The summed E-state index contributed by atoms with van der Waals surface area (Å²) >= 11 is 0. The number of rotatable bonds is 7. The maximum atomic E-state index is 12.2. The number of anilines is 1. The summed E-state index contributed by atoms with van der Waals surface area (Å²) in [6.07, 6.45) is 4.95. The molecule has 2 aromatic heterocycles. The molecule has 150 valence electrons. The van der Waals surface area contributed by atoms with E-state index < -0.39 is 0 Å². The topological polar surface area (TPSA) is 69.0 Å². The van der Waals surface area contributed by atoms with E-state index in [-0.39, 0.29) is 5.91 Å². The number of nitrogens with zero attached hydrogens (tertiary/aromatic N) is 3. The predicted octanol–water partition coefficient (Wildman–Crippen LogP) is 4.94. The zero-order chi connectivity index (χ0) is 20.8. The first-order chi connectivity index (χ1) is 14.7. The van der Waals surface area contributed by atoms with Crippen LogP contribution in [0.25, 0.3) is 5.82 Å². The second kappa shape index (κ2) is 9.05. The summed E-state index contributed by atoms with van der Waals surface area (Å²) in [5, 5.41) is 11.2. The zero-order valence-corrected chi connectivity index (χ0v) is 16.7. The van der Waals surface area contributed by atoms with Gasteiger partial charge in [0.05, 0.1) is 0 Å². The largest absolute Gasteiger partial charge is 0.438 e. The number of nitrogens with one attached hydrogen (secondary N) is 1. The first-order valence-electron chi connectivity index (χ1n) is 9.76. The number of carbonyl (C=O) groups excluding carboxylic acids is 1. The number of hydrogen-bond donors (Lipinski definition) is 1. The SMILES string of the molecule is Cc1cccc(CCC(=O)Nc2ccc(Oc3ccc(-n4cccc4)nn3)cc2)c1. The molecule has 4 rings (SSSR count). The molecule has 0 bridgehead atoms. The number of carbonyl (C=O) groups is 1. The summed E-state index contributed by atoms with van der Waals surface area (Å²) in [5.41, 5.74) is 3.09. The Morgan fingerprint density at radius 1 is 0.967 bits per heavy atom. The molecule has 0 atom stereocenters. The highest BCUT2D eigenvalue weighted by Gasteiger charge is 2.05. The summed E-state index contributed by atoms with van der Waals surface area (Å²) in [6.45, 7) is 2.05. The third-order valence-corrected chi connectivity index (χ3v) is 4.58. The molecule has 0 unspecified atom stereocenters. The lowest BCUT2D eigenvalue weighted by molar-refractivity contribution is -0.116. The molecule has 6 heteroatoms. The van der Waals surface area contributed by atoms with Gasteiger partial charge in [0, 0.05) is 30.6 Å². The van der Waals surface area contributed by atoms with E-state index in [2.05, 4.69) is 34.6 Å². The van der Waals surface area contributed by atoms with Crippen molar-refractivity contribution >= 4 is 11.6 Å². The molecule has 30 heavy (non-hydrogen) atoms.